The molecule has 0 saturated carbocycles. The Morgan fingerprint density at radius 3 is 2.42 bits per heavy atom. The number of fused-ring (bicyclic) bond motifs is 1. The largest absolute Gasteiger partial charge is 0.464 e. The number of ether oxygens (including phenoxy) is 2. The molecule has 1 unspecified atom stereocenters. The molecule has 5 nitrogen and oxygen atoms in total. The van der Waals surface area contributed by atoms with Gasteiger partial charge in [-0.05, 0) is 75.6 Å². The number of halogens is 1. The Hall–Kier alpha value is -2.47. The smallest absolute Gasteiger partial charge is 0.339 e. The van der Waals surface area contributed by atoms with Crippen molar-refractivity contribution in [2.75, 3.05) is 6.61 Å². The van der Waals surface area contributed by atoms with Crippen LogP contribution < -0.4 is 0 Å². The number of rotatable bonds is 6. The molecule has 0 spiro atoms. The number of esters is 1. The van der Waals surface area contributed by atoms with Crippen molar-refractivity contribution < 1.29 is 19.4 Å². The summed E-state index contributed by atoms with van der Waals surface area (Å²) in [5.74, 6) is -0.435. The molecule has 1 aromatic heterocycles. The van der Waals surface area contributed by atoms with Crippen LogP contribution >= 0.6 is 11.6 Å². The maximum atomic E-state index is 13.0. The number of aliphatic hydroxyl groups excluding tert-OH is 1. The summed E-state index contributed by atoms with van der Waals surface area (Å²) in [5, 5.41) is 11.0. The number of hydrogen-bond acceptors (Lipinski definition) is 5. The van der Waals surface area contributed by atoms with Crippen molar-refractivity contribution in [1.29, 1.82) is 0 Å². The zero-order chi connectivity index (χ0) is 22.8. The van der Waals surface area contributed by atoms with E-state index >= 15 is 0 Å². The molecule has 164 valence electrons. The molecule has 0 aliphatic rings. The quantitative estimate of drug-likeness (QED) is 0.491. The van der Waals surface area contributed by atoms with Gasteiger partial charge in [0.05, 0.1) is 30.0 Å². The van der Waals surface area contributed by atoms with Gasteiger partial charge in [0.25, 0.3) is 0 Å². The topological polar surface area (TPSA) is 68.7 Å². The van der Waals surface area contributed by atoms with Crippen LogP contribution in [0.2, 0.25) is 5.02 Å². The highest BCUT2D eigenvalue weighted by Crippen LogP contribution is 2.40. The van der Waals surface area contributed by atoms with Gasteiger partial charge in [-0.15, -0.1) is 0 Å². The molecule has 0 bridgehead atoms. The Morgan fingerprint density at radius 2 is 1.84 bits per heavy atom. The number of nitrogens with zero attached hydrogens (tertiary/aromatic N) is 1. The molecule has 1 N–H and O–H groups in total. The number of aryl methyl sites for hydroxylation is 1. The summed E-state index contributed by atoms with van der Waals surface area (Å²) in [4.78, 5) is 17.6. The minimum Gasteiger partial charge on any atom is -0.464 e. The molecule has 0 aliphatic carbocycles. The fraction of sp³-hybridized carbons (Fsp3) is 0.360. The number of aliphatic hydroxyl groups is 1. The third kappa shape index (κ3) is 5.24. The molecule has 2 aromatic carbocycles. The van der Waals surface area contributed by atoms with E-state index in [1.807, 2.05) is 64.1 Å². The maximum Gasteiger partial charge on any atom is 0.339 e. The number of carbonyl (C=O) groups is 1. The first kappa shape index (κ1) is 23.2. The first-order valence-corrected chi connectivity index (χ1v) is 10.7. The molecule has 0 aliphatic heterocycles. The van der Waals surface area contributed by atoms with E-state index in [1.54, 1.807) is 13.0 Å². The molecule has 0 saturated heterocycles. The summed E-state index contributed by atoms with van der Waals surface area (Å²) >= 11 is 6.13. The Kier molecular flexibility index (Phi) is 6.99. The van der Waals surface area contributed by atoms with Gasteiger partial charge < -0.3 is 14.6 Å². The van der Waals surface area contributed by atoms with Crippen molar-refractivity contribution in [3.63, 3.8) is 0 Å². The van der Waals surface area contributed by atoms with Crippen molar-refractivity contribution in [1.82, 2.24) is 4.98 Å². The highest BCUT2D eigenvalue weighted by Gasteiger charge is 2.33. The lowest BCUT2D eigenvalue weighted by molar-refractivity contribution is -0.166. The zero-order valence-corrected chi connectivity index (χ0v) is 19.3. The second-order valence-electron chi connectivity index (χ2n) is 8.38. The first-order valence-electron chi connectivity index (χ1n) is 10.3. The molecule has 6 heteroatoms. The van der Waals surface area contributed by atoms with Crippen LogP contribution in [-0.4, -0.2) is 28.3 Å². The van der Waals surface area contributed by atoms with Gasteiger partial charge in [0.15, 0.2) is 6.10 Å². The van der Waals surface area contributed by atoms with Crippen LogP contribution in [0.1, 0.15) is 50.6 Å². The monoisotopic (exact) mass is 441 g/mol. The van der Waals surface area contributed by atoms with Gasteiger partial charge in [-0.3, -0.25) is 4.98 Å². The van der Waals surface area contributed by atoms with Gasteiger partial charge >= 0.3 is 5.97 Å². The fourth-order valence-electron chi connectivity index (χ4n) is 3.61. The van der Waals surface area contributed by atoms with Crippen LogP contribution in [0.4, 0.5) is 0 Å². The lowest BCUT2D eigenvalue weighted by Crippen LogP contribution is -2.29. The van der Waals surface area contributed by atoms with Crippen molar-refractivity contribution in [3.8, 4) is 11.1 Å². The molecule has 1 heterocycles. The van der Waals surface area contributed by atoms with Crippen molar-refractivity contribution in [2.24, 2.45) is 0 Å². The van der Waals surface area contributed by atoms with Crippen LogP contribution in [0.25, 0.3) is 22.0 Å². The van der Waals surface area contributed by atoms with Gasteiger partial charge in [-0.1, -0.05) is 29.8 Å². The van der Waals surface area contributed by atoms with E-state index in [1.165, 1.54) is 0 Å². The van der Waals surface area contributed by atoms with Crippen molar-refractivity contribution >= 4 is 28.5 Å². The summed E-state index contributed by atoms with van der Waals surface area (Å²) in [6.45, 7) is 9.55. The summed E-state index contributed by atoms with van der Waals surface area (Å²) in [6, 6.07) is 13.1. The van der Waals surface area contributed by atoms with E-state index in [9.17, 15) is 9.90 Å². The molecular formula is C25H28ClNO4. The number of hydrogen-bond donors (Lipinski definition) is 1. The fourth-order valence-corrected chi connectivity index (χ4v) is 3.74. The molecule has 31 heavy (non-hydrogen) atoms. The zero-order valence-electron chi connectivity index (χ0n) is 18.5. The van der Waals surface area contributed by atoms with Gasteiger partial charge in [-0.2, -0.15) is 0 Å². The van der Waals surface area contributed by atoms with E-state index < -0.39 is 17.7 Å². The van der Waals surface area contributed by atoms with E-state index in [0.717, 1.165) is 33.2 Å². The predicted octanol–water partition coefficient (Wildman–Crippen LogP) is 5.78. The summed E-state index contributed by atoms with van der Waals surface area (Å²) < 4.78 is 11.6. The summed E-state index contributed by atoms with van der Waals surface area (Å²) in [6.07, 6.45) is -0.910. The number of carbonyl (C=O) groups excluding carboxylic acids is 1. The van der Waals surface area contributed by atoms with Crippen molar-refractivity contribution in [3.05, 3.63) is 64.3 Å². The lowest BCUT2D eigenvalue weighted by Gasteiger charge is -2.29. The summed E-state index contributed by atoms with van der Waals surface area (Å²) in [7, 11) is 0. The SMILES string of the molecule is CCOC(=O)C(OC(C)(C)C)c1c(C)cc2nc(CO)ccc2c1-c1ccc(Cl)cc1. The van der Waals surface area contributed by atoms with Crippen LogP contribution in [0.5, 0.6) is 0 Å². The van der Waals surface area contributed by atoms with E-state index in [4.69, 9.17) is 21.1 Å². The average molecular weight is 442 g/mol. The third-order valence-electron chi connectivity index (χ3n) is 4.83. The van der Waals surface area contributed by atoms with Crippen LogP contribution in [-0.2, 0) is 20.9 Å². The van der Waals surface area contributed by atoms with E-state index in [-0.39, 0.29) is 13.2 Å². The highest BCUT2D eigenvalue weighted by molar-refractivity contribution is 6.30. The van der Waals surface area contributed by atoms with Gasteiger partial charge in [0.2, 0.25) is 0 Å². The molecule has 0 fully saturated rings. The Labute approximate surface area is 188 Å². The minimum atomic E-state index is -0.910. The molecule has 3 aromatic rings. The van der Waals surface area contributed by atoms with Crippen LogP contribution in [0.15, 0.2) is 42.5 Å². The third-order valence-corrected chi connectivity index (χ3v) is 5.08. The Bertz CT molecular complexity index is 1090. The van der Waals surface area contributed by atoms with Gasteiger partial charge in [-0.25, -0.2) is 4.79 Å². The molecule has 0 radical (unpaired) electrons. The average Bonchev–Trinajstić information content (AvgIpc) is 2.71. The number of pyridine rings is 1. The second kappa shape index (κ2) is 9.35. The standard InChI is InChI=1S/C25H28ClNO4/c1-6-30-24(29)23(31-25(3,4)5)21-15(2)13-20-19(12-11-18(14-28)27-20)22(21)16-7-9-17(26)10-8-16/h7-13,23,28H,6,14H2,1-5H3. The first-order chi connectivity index (χ1) is 14.6. The van der Waals surface area contributed by atoms with Gasteiger partial charge in [0.1, 0.15) is 0 Å². The highest BCUT2D eigenvalue weighted by atomic mass is 35.5. The predicted molar refractivity (Wildman–Crippen MR) is 123 cm³/mol. The molecular weight excluding hydrogens is 414 g/mol. The molecule has 3 rings (SSSR count). The minimum absolute atomic E-state index is 0.147. The van der Waals surface area contributed by atoms with Crippen LogP contribution in [0, 0.1) is 6.92 Å². The lowest BCUT2D eigenvalue weighted by atomic mass is 9.88. The molecule has 0 amide bonds. The van der Waals surface area contributed by atoms with E-state index in [2.05, 4.69) is 4.98 Å². The normalized spacial score (nSPS) is 12.7. The number of aromatic nitrogens is 1. The Balaban J connectivity index is 2.37. The number of benzene rings is 2. The van der Waals surface area contributed by atoms with Gasteiger partial charge in [0, 0.05) is 16.0 Å². The van der Waals surface area contributed by atoms with Crippen molar-refractivity contribution in [2.45, 2.75) is 52.9 Å². The summed E-state index contributed by atoms with van der Waals surface area (Å²) in [5.41, 5.74) is 4.05. The van der Waals surface area contributed by atoms with Crippen LogP contribution in [0.3, 0.4) is 0 Å². The van der Waals surface area contributed by atoms with E-state index in [0.29, 0.717) is 10.7 Å². The second-order valence-corrected chi connectivity index (χ2v) is 8.82. The molecule has 1 atom stereocenters. The Morgan fingerprint density at radius 1 is 1.16 bits per heavy atom. The maximum absolute atomic E-state index is 13.0.